The van der Waals surface area contributed by atoms with E-state index in [1.165, 1.54) is 25.7 Å². The molecule has 1 heterocycles. The number of nitrogens with zero attached hydrogens (tertiary/aromatic N) is 7. The fourth-order valence-corrected chi connectivity index (χ4v) is 2.87. The molecule has 8 heteroatoms. The van der Waals surface area contributed by atoms with Gasteiger partial charge in [-0.1, -0.05) is 29.7 Å². The van der Waals surface area contributed by atoms with Crippen LogP contribution < -0.4 is 0 Å². The Kier molecular flexibility index (Phi) is 4.63. The maximum absolute atomic E-state index is 8.15. The normalized spacial score (nSPS) is 16.0. The van der Waals surface area contributed by atoms with Crippen LogP contribution in [0.4, 0.5) is 0 Å². The van der Waals surface area contributed by atoms with Gasteiger partial charge in [-0.2, -0.15) is 0 Å². The number of tetrazole rings is 1. The topological polar surface area (TPSA) is 92.4 Å². The minimum absolute atomic E-state index is 0.477. The number of rotatable bonds is 6. The van der Waals surface area contributed by atoms with E-state index in [-0.39, 0.29) is 0 Å². The average molecular weight is 253 g/mol. The molecule has 0 spiro atoms. The van der Waals surface area contributed by atoms with Gasteiger partial charge in [0.05, 0.1) is 6.04 Å². The van der Waals surface area contributed by atoms with Crippen LogP contribution in [0.5, 0.6) is 0 Å². The van der Waals surface area contributed by atoms with Gasteiger partial charge in [0.25, 0.3) is 0 Å². The molecule has 0 radical (unpaired) electrons. The Hall–Kier alpha value is -1.27. The van der Waals surface area contributed by atoms with E-state index in [0.717, 1.165) is 17.3 Å². The summed E-state index contributed by atoms with van der Waals surface area (Å²) < 4.78 is 1.95. The van der Waals surface area contributed by atoms with Crippen LogP contribution in [0.25, 0.3) is 10.4 Å². The predicted molar refractivity (Wildman–Crippen MR) is 64.7 cm³/mol. The Morgan fingerprint density at radius 3 is 3.06 bits per heavy atom. The average Bonchev–Trinajstić information content (AvgIpc) is 2.98. The van der Waals surface area contributed by atoms with Crippen molar-refractivity contribution in [1.29, 1.82) is 0 Å². The Balaban J connectivity index is 1.83. The van der Waals surface area contributed by atoms with Crippen LogP contribution in [-0.4, -0.2) is 32.5 Å². The Morgan fingerprint density at radius 1 is 1.47 bits per heavy atom. The minimum Gasteiger partial charge on any atom is -0.217 e. The van der Waals surface area contributed by atoms with Crippen LogP contribution in [-0.2, 0) is 0 Å². The van der Waals surface area contributed by atoms with E-state index in [1.54, 1.807) is 11.8 Å². The number of thioether (sulfide) groups is 1. The summed E-state index contributed by atoms with van der Waals surface area (Å²) in [5, 5.41) is 16.2. The van der Waals surface area contributed by atoms with E-state index >= 15 is 0 Å². The molecule has 0 saturated heterocycles. The van der Waals surface area contributed by atoms with Crippen molar-refractivity contribution in [3.8, 4) is 0 Å². The molecule has 17 heavy (non-hydrogen) atoms. The Labute approximate surface area is 104 Å². The summed E-state index contributed by atoms with van der Waals surface area (Å²) >= 11 is 1.63. The van der Waals surface area contributed by atoms with Crippen LogP contribution in [0, 0.1) is 0 Å². The van der Waals surface area contributed by atoms with Crippen molar-refractivity contribution < 1.29 is 0 Å². The molecule has 0 N–H and O–H groups in total. The second kappa shape index (κ2) is 6.46. The molecule has 2 rings (SSSR count). The summed E-state index contributed by atoms with van der Waals surface area (Å²) in [6.07, 6.45) is 5.75. The van der Waals surface area contributed by atoms with Gasteiger partial charge in [0.1, 0.15) is 0 Å². The highest BCUT2D eigenvalue weighted by molar-refractivity contribution is 7.99. The van der Waals surface area contributed by atoms with Gasteiger partial charge in [-0.25, -0.2) is 4.68 Å². The molecule has 1 aliphatic rings. The molecule has 7 nitrogen and oxygen atoms in total. The third kappa shape index (κ3) is 3.34. The fourth-order valence-electron chi connectivity index (χ4n) is 2.00. The quantitative estimate of drug-likeness (QED) is 0.256. The van der Waals surface area contributed by atoms with Crippen molar-refractivity contribution in [3.05, 3.63) is 10.4 Å². The second-order valence-corrected chi connectivity index (χ2v) is 5.06. The highest BCUT2D eigenvalue weighted by atomic mass is 32.2. The largest absolute Gasteiger partial charge is 0.217 e. The van der Waals surface area contributed by atoms with E-state index in [9.17, 15) is 0 Å². The van der Waals surface area contributed by atoms with Gasteiger partial charge < -0.3 is 0 Å². The van der Waals surface area contributed by atoms with Crippen molar-refractivity contribution in [2.24, 2.45) is 5.11 Å². The molecule has 0 amide bonds. The fraction of sp³-hybridized carbons (Fsp3) is 0.889. The molecule has 1 saturated carbocycles. The highest BCUT2D eigenvalue weighted by Gasteiger charge is 2.21. The summed E-state index contributed by atoms with van der Waals surface area (Å²) in [5.41, 5.74) is 8.15. The lowest BCUT2D eigenvalue weighted by Gasteiger charge is -2.10. The van der Waals surface area contributed by atoms with Crippen LogP contribution in [0.1, 0.15) is 38.1 Å². The maximum atomic E-state index is 8.15. The lowest BCUT2D eigenvalue weighted by Crippen LogP contribution is -2.08. The number of aromatic nitrogens is 4. The lowest BCUT2D eigenvalue weighted by atomic mass is 10.3. The molecular weight excluding hydrogens is 238 g/mol. The van der Waals surface area contributed by atoms with E-state index in [0.29, 0.717) is 12.6 Å². The van der Waals surface area contributed by atoms with Gasteiger partial charge in [0.15, 0.2) is 0 Å². The van der Waals surface area contributed by atoms with Crippen molar-refractivity contribution in [2.45, 2.75) is 43.3 Å². The van der Waals surface area contributed by atoms with E-state index in [2.05, 4.69) is 25.6 Å². The van der Waals surface area contributed by atoms with Gasteiger partial charge in [-0.3, -0.25) is 0 Å². The molecule has 0 unspecified atom stereocenters. The molecule has 1 fully saturated rings. The van der Waals surface area contributed by atoms with Gasteiger partial charge in [0, 0.05) is 17.2 Å². The smallest absolute Gasteiger partial charge is 0.209 e. The van der Waals surface area contributed by atoms with Crippen molar-refractivity contribution >= 4 is 11.8 Å². The number of hydrogen-bond acceptors (Lipinski definition) is 5. The zero-order valence-electron chi connectivity index (χ0n) is 9.57. The minimum atomic E-state index is 0.477. The van der Waals surface area contributed by atoms with Crippen LogP contribution in [0.15, 0.2) is 10.3 Å². The predicted octanol–water partition coefficient (Wildman–Crippen LogP) is 2.58. The van der Waals surface area contributed by atoms with Gasteiger partial charge in [-0.15, -0.1) is 5.10 Å². The monoisotopic (exact) mass is 253 g/mol. The first-order valence-corrected chi connectivity index (χ1v) is 6.82. The zero-order valence-corrected chi connectivity index (χ0v) is 10.4. The van der Waals surface area contributed by atoms with Crippen molar-refractivity contribution in [3.63, 3.8) is 0 Å². The molecule has 1 aromatic rings. The number of hydrogen-bond donors (Lipinski definition) is 0. The summed E-state index contributed by atoms with van der Waals surface area (Å²) in [7, 11) is 0. The molecule has 0 bridgehead atoms. The third-order valence-electron chi connectivity index (χ3n) is 2.83. The number of azide groups is 1. The summed E-state index contributed by atoms with van der Waals surface area (Å²) in [4.78, 5) is 2.72. The molecule has 0 atom stereocenters. The molecule has 0 aliphatic heterocycles. The molecule has 1 aromatic heterocycles. The highest BCUT2D eigenvalue weighted by Crippen LogP contribution is 2.31. The molecular formula is C9H15N7S. The van der Waals surface area contributed by atoms with E-state index in [1.807, 2.05) is 4.68 Å². The first-order valence-electron chi connectivity index (χ1n) is 5.83. The van der Waals surface area contributed by atoms with Crippen LogP contribution >= 0.6 is 11.8 Å². The second-order valence-electron chi connectivity index (χ2n) is 4.00. The van der Waals surface area contributed by atoms with Crippen molar-refractivity contribution in [2.75, 3.05) is 12.3 Å². The van der Waals surface area contributed by atoms with Gasteiger partial charge in [-0.05, 0) is 35.2 Å². The molecule has 0 aromatic carbocycles. The Morgan fingerprint density at radius 2 is 2.29 bits per heavy atom. The van der Waals surface area contributed by atoms with E-state index in [4.69, 9.17) is 5.53 Å². The molecule has 1 aliphatic carbocycles. The first-order chi connectivity index (χ1) is 8.42. The third-order valence-corrected chi connectivity index (χ3v) is 3.85. The lowest BCUT2D eigenvalue weighted by molar-refractivity contribution is 0.423. The SMILES string of the molecule is [N-]=[N+]=NCCCSc1nnnn1C1CCCC1. The van der Waals surface area contributed by atoms with Gasteiger partial charge >= 0.3 is 0 Å². The van der Waals surface area contributed by atoms with Crippen LogP contribution in [0.3, 0.4) is 0 Å². The zero-order chi connectivity index (χ0) is 11.9. The van der Waals surface area contributed by atoms with Crippen LogP contribution in [0.2, 0.25) is 0 Å². The van der Waals surface area contributed by atoms with Crippen molar-refractivity contribution in [1.82, 2.24) is 20.2 Å². The summed E-state index contributed by atoms with van der Waals surface area (Å²) in [6.45, 7) is 0.536. The molecule has 92 valence electrons. The standard InChI is InChI=1S/C9H15N7S/c10-13-11-6-3-7-17-9-12-14-15-16(9)8-4-1-2-5-8/h8H,1-7H2. The summed E-state index contributed by atoms with van der Waals surface area (Å²) in [6, 6.07) is 0.477. The maximum Gasteiger partial charge on any atom is 0.209 e. The van der Waals surface area contributed by atoms with E-state index < -0.39 is 0 Å². The van der Waals surface area contributed by atoms with Gasteiger partial charge in [0.2, 0.25) is 5.16 Å². The first kappa shape index (κ1) is 12.2. The summed E-state index contributed by atoms with van der Waals surface area (Å²) in [5.74, 6) is 0.881. The Bertz CT molecular complexity index is 392.